The standard InChI is InChI=1S/C34H45N3O5S2/c1-5-24(2)31(36-33(39)23-44-22-25-13-15-28(42-3)16-14-25)20-37(21-32(38)35-30(34(40)41)17-18-43-4)19-27-11-8-10-26-9-6-7-12-29(26)27/h6-16,24,30-31H,5,17-23H2,1-4H3,(H,35,38)(H,36,39)(H,40,41). The molecule has 3 aromatic rings. The maximum atomic E-state index is 13.2. The van der Waals surface area contributed by atoms with Gasteiger partial charge < -0.3 is 20.5 Å². The number of carbonyl (C=O) groups excluding carboxylic acids is 2. The van der Waals surface area contributed by atoms with E-state index in [1.54, 1.807) is 30.6 Å². The molecule has 0 aromatic heterocycles. The Morgan fingerprint density at radius 2 is 1.70 bits per heavy atom. The number of benzene rings is 3. The van der Waals surface area contributed by atoms with Crippen LogP contribution in [0.25, 0.3) is 10.8 Å². The van der Waals surface area contributed by atoms with Crippen LogP contribution in [-0.2, 0) is 26.7 Å². The number of carbonyl (C=O) groups is 3. The van der Waals surface area contributed by atoms with Crippen LogP contribution in [0.1, 0.15) is 37.8 Å². The van der Waals surface area contributed by atoms with Gasteiger partial charge in [-0.3, -0.25) is 14.5 Å². The summed E-state index contributed by atoms with van der Waals surface area (Å²) < 4.78 is 5.22. The van der Waals surface area contributed by atoms with E-state index in [2.05, 4.69) is 48.7 Å². The van der Waals surface area contributed by atoms with E-state index in [1.165, 1.54) is 0 Å². The number of fused-ring (bicyclic) bond motifs is 1. The zero-order valence-corrected chi connectivity index (χ0v) is 27.7. The van der Waals surface area contributed by atoms with Crippen molar-refractivity contribution in [2.75, 3.05) is 38.0 Å². The van der Waals surface area contributed by atoms with Crippen molar-refractivity contribution < 1.29 is 24.2 Å². The first-order valence-corrected chi connectivity index (χ1v) is 17.5. The Hall–Kier alpha value is -3.21. The van der Waals surface area contributed by atoms with Gasteiger partial charge in [0.2, 0.25) is 11.8 Å². The molecule has 8 nitrogen and oxygen atoms in total. The molecule has 3 atom stereocenters. The lowest BCUT2D eigenvalue weighted by molar-refractivity contribution is -0.142. The molecule has 10 heteroatoms. The summed E-state index contributed by atoms with van der Waals surface area (Å²) in [7, 11) is 1.64. The molecule has 0 radical (unpaired) electrons. The molecule has 238 valence electrons. The predicted octanol–water partition coefficient (Wildman–Crippen LogP) is 5.44. The Morgan fingerprint density at radius 1 is 0.977 bits per heavy atom. The maximum Gasteiger partial charge on any atom is 0.326 e. The third-order valence-corrected chi connectivity index (χ3v) is 9.33. The van der Waals surface area contributed by atoms with E-state index in [4.69, 9.17) is 4.74 Å². The fourth-order valence-electron chi connectivity index (χ4n) is 4.95. The van der Waals surface area contributed by atoms with Crippen LogP contribution < -0.4 is 15.4 Å². The van der Waals surface area contributed by atoms with E-state index in [9.17, 15) is 19.5 Å². The minimum absolute atomic E-state index is 0.0152. The average molecular weight is 640 g/mol. The van der Waals surface area contributed by atoms with Gasteiger partial charge in [-0.05, 0) is 58.4 Å². The third kappa shape index (κ3) is 11.4. The highest BCUT2D eigenvalue weighted by Gasteiger charge is 2.25. The second-order valence-electron chi connectivity index (χ2n) is 10.9. The van der Waals surface area contributed by atoms with Crippen molar-refractivity contribution in [1.82, 2.24) is 15.5 Å². The van der Waals surface area contributed by atoms with Gasteiger partial charge in [-0.15, -0.1) is 11.8 Å². The lowest BCUT2D eigenvalue weighted by atomic mass is 9.97. The highest BCUT2D eigenvalue weighted by molar-refractivity contribution is 7.99. The van der Waals surface area contributed by atoms with E-state index in [1.807, 2.05) is 53.6 Å². The molecule has 3 unspecified atom stereocenters. The molecule has 0 fully saturated rings. The summed E-state index contributed by atoms with van der Waals surface area (Å²) >= 11 is 3.10. The normalized spacial score (nSPS) is 13.3. The Labute approximate surface area is 269 Å². The molecule has 0 aliphatic heterocycles. The van der Waals surface area contributed by atoms with Gasteiger partial charge >= 0.3 is 5.97 Å². The molecule has 3 rings (SSSR count). The highest BCUT2D eigenvalue weighted by atomic mass is 32.2. The number of amides is 2. The number of nitrogens with one attached hydrogen (secondary N) is 2. The SMILES string of the molecule is CCC(C)C(CN(CC(=O)NC(CCSC)C(=O)O)Cc1cccc2ccccc12)NC(=O)CSCc1ccc(OC)cc1. The van der Waals surface area contributed by atoms with Gasteiger partial charge in [-0.2, -0.15) is 11.8 Å². The van der Waals surface area contributed by atoms with Gasteiger partial charge in [-0.1, -0.05) is 74.9 Å². The lowest BCUT2D eigenvalue weighted by Gasteiger charge is -2.31. The van der Waals surface area contributed by atoms with E-state index in [0.29, 0.717) is 36.8 Å². The number of thioether (sulfide) groups is 2. The number of carboxylic acid groups (broad SMARTS) is 1. The Balaban J connectivity index is 1.73. The van der Waals surface area contributed by atoms with Crippen LogP contribution in [0.3, 0.4) is 0 Å². The van der Waals surface area contributed by atoms with Gasteiger partial charge in [-0.25, -0.2) is 4.79 Å². The number of carboxylic acids is 1. The summed E-state index contributed by atoms with van der Waals surface area (Å²) in [6.45, 7) is 5.14. The van der Waals surface area contributed by atoms with Gasteiger partial charge in [0.05, 0.1) is 19.4 Å². The zero-order chi connectivity index (χ0) is 31.9. The van der Waals surface area contributed by atoms with E-state index in [-0.39, 0.29) is 30.3 Å². The van der Waals surface area contributed by atoms with Crippen molar-refractivity contribution in [3.8, 4) is 5.75 Å². The molecule has 2 amide bonds. The van der Waals surface area contributed by atoms with Crippen molar-refractivity contribution in [3.63, 3.8) is 0 Å². The first kappa shape index (κ1) is 35.3. The second kappa shape index (κ2) is 18.6. The number of methoxy groups -OCH3 is 1. The van der Waals surface area contributed by atoms with Crippen LogP contribution >= 0.6 is 23.5 Å². The van der Waals surface area contributed by atoms with E-state index >= 15 is 0 Å². The predicted molar refractivity (Wildman–Crippen MR) is 182 cm³/mol. The Kier molecular flexibility index (Phi) is 14.9. The van der Waals surface area contributed by atoms with Gasteiger partial charge in [0.1, 0.15) is 11.8 Å². The quantitative estimate of drug-likeness (QED) is 0.159. The van der Waals surface area contributed by atoms with Crippen LogP contribution in [0, 0.1) is 5.92 Å². The smallest absolute Gasteiger partial charge is 0.326 e. The van der Waals surface area contributed by atoms with Crippen molar-refractivity contribution in [3.05, 3.63) is 77.9 Å². The first-order chi connectivity index (χ1) is 21.2. The molecular weight excluding hydrogens is 595 g/mol. The number of nitrogens with zero attached hydrogens (tertiary/aromatic N) is 1. The third-order valence-electron chi connectivity index (χ3n) is 7.68. The summed E-state index contributed by atoms with van der Waals surface area (Å²) in [6.07, 6.45) is 3.12. The summed E-state index contributed by atoms with van der Waals surface area (Å²) in [5.41, 5.74) is 2.18. The summed E-state index contributed by atoms with van der Waals surface area (Å²) in [4.78, 5) is 40.2. The van der Waals surface area contributed by atoms with Gasteiger partial charge in [0.25, 0.3) is 0 Å². The van der Waals surface area contributed by atoms with Crippen LogP contribution in [0.4, 0.5) is 0 Å². The van der Waals surface area contributed by atoms with Crippen LogP contribution in [0.15, 0.2) is 66.7 Å². The summed E-state index contributed by atoms with van der Waals surface area (Å²) in [5.74, 6) is 1.19. The number of aliphatic carboxylic acids is 1. The molecule has 0 aliphatic carbocycles. The molecule has 0 aliphatic rings. The summed E-state index contributed by atoms with van der Waals surface area (Å²) in [5, 5.41) is 17.8. The second-order valence-corrected chi connectivity index (χ2v) is 12.9. The molecule has 3 aromatic carbocycles. The Morgan fingerprint density at radius 3 is 2.39 bits per heavy atom. The number of hydrogen-bond acceptors (Lipinski definition) is 7. The van der Waals surface area contributed by atoms with Crippen LogP contribution in [-0.4, -0.2) is 77.8 Å². The molecule has 0 saturated heterocycles. The topological polar surface area (TPSA) is 108 Å². The van der Waals surface area contributed by atoms with Crippen molar-refractivity contribution in [1.29, 1.82) is 0 Å². The molecular formula is C34H45N3O5S2. The molecule has 0 spiro atoms. The average Bonchev–Trinajstić information content (AvgIpc) is 3.02. The molecule has 3 N–H and O–H groups in total. The lowest BCUT2D eigenvalue weighted by Crippen LogP contribution is -2.51. The maximum absolute atomic E-state index is 13.2. The van der Waals surface area contributed by atoms with Crippen LogP contribution in [0.5, 0.6) is 5.75 Å². The monoisotopic (exact) mass is 639 g/mol. The molecule has 0 saturated carbocycles. The minimum atomic E-state index is -1.04. The molecule has 44 heavy (non-hydrogen) atoms. The van der Waals surface area contributed by atoms with Gasteiger partial charge in [0, 0.05) is 24.9 Å². The zero-order valence-electron chi connectivity index (χ0n) is 26.1. The van der Waals surface area contributed by atoms with Crippen molar-refractivity contribution in [2.45, 2.75) is 51.1 Å². The number of ether oxygens (including phenoxy) is 1. The fourth-order valence-corrected chi connectivity index (χ4v) is 6.23. The van der Waals surface area contributed by atoms with E-state index in [0.717, 1.165) is 34.1 Å². The largest absolute Gasteiger partial charge is 0.497 e. The Bertz CT molecular complexity index is 1350. The van der Waals surface area contributed by atoms with Gasteiger partial charge in [0.15, 0.2) is 0 Å². The van der Waals surface area contributed by atoms with Crippen LogP contribution in [0.2, 0.25) is 0 Å². The molecule has 0 heterocycles. The first-order valence-electron chi connectivity index (χ1n) is 14.9. The minimum Gasteiger partial charge on any atom is -0.497 e. The summed E-state index contributed by atoms with van der Waals surface area (Å²) in [6, 6.07) is 20.9. The van der Waals surface area contributed by atoms with Crippen molar-refractivity contribution >= 4 is 52.1 Å². The fraction of sp³-hybridized carbons (Fsp3) is 0.441. The highest BCUT2D eigenvalue weighted by Crippen LogP contribution is 2.21. The molecule has 0 bridgehead atoms. The number of rotatable bonds is 19. The van der Waals surface area contributed by atoms with Crippen molar-refractivity contribution in [2.24, 2.45) is 5.92 Å². The number of hydrogen-bond donors (Lipinski definition) is 3. The van der Waals surface area contributed by atoms with E-state index < -0.39 is 12.0 Å².